The van der Waals surface area contributed by atoms with E-state index in [1.807, 2.05) is 18.2 Å². The van der Waals surface area contributed by atoms with E-state index >= 15 is 0 Å². The summed E-state index contributed by atoms with van der Waals surface area (Å²) in [4.78, 5) is 0. The number of hydrogen-bond acceptors (Lipinski definition) is 4. The highest BCUT2D eigenvalue weighted by Crippen LogP contribution is 2.28. The van der Waals surface area contributed by atoms with E-state index in [4.69, 9.17) is 15.7 Å². The number of nitrogens with two attached hydrogens (primary N) is 1. The number of benzene rings is 1. The van der Waals surface area contributed by atoms with E-state index in [-0.39, 0.29) is 0 Å². The lowest BCUT2D eigenvalue weighted by atomic mass is 10.1. The molecule has 102 valence electrons. The third-order valence-corrected chi connectivity index (χ3v) is 3.26. The molecule has 1 aliphatic rings. The van der Waals surface area contributed by atoms with E-state index in [1.54, 1.807) is 0 Å². The smallest absolute Gasteiger partial charge is 0.0670 e. The average molecular weight is 259 g/mol. The molecular weight excluding hydrogens is 238 g/mol. The van der Waals surface area contributed by atoms with Gasteiger partial charge in [-0.25, -0.2) is 0 Å². The first-order chi connectivity index (χ1) is 9.29. The normalized spacial score (nSPS) is 14.1. The van der Waals surface area contributed by atoms with Crippen LogP contribution in [0.4, 0.5) is 11.4 Å². The summed E-state index contributed by atoms with van der Waals surface area (Å²) >= 11 is 0. The number of ether oxygens (including phenoxy) is 1. The van der Waals surface area contributed by atoms with E-state index in [0.29, 0.717) is 12.1 Å². The maximum atomic E-state index is 8.72. The molecule has 1 aliphatic carbocycles. The summed E-state index contributed by atoms with van der Waals surface area (Å²) in [6, 6.07) is 7.86. The maximum Gasteiger partial charge on any atom is 0.0670 e. The van der Waals surface area contributed by atoms with Crippen molar-refractivity contribution in [3.63, 3.8) is 0 Å². The molecular formula is C15H21N3O. The summed E-state index contributed by atoms with van der Waals surface area (Å²) in [6.45, 7) is 2.61. The number of nitrogen functional groups attached to an aromatic ring is 1. The SMILES string of the molecule is N#CCc1cc(NCCCOCC2CC2)ccc1N. The minimum atomic E-state index is 0.353. The van der Waals surface area contributed by atoms with Gasteiger partial charge in [-0.2, -0.15) is 5.26 Å². The summed E-state index contributed by atoms with van der Waals surface area (Å²) in [6.07, 6.45) is 4.02. The maximum absolute atomic E-state index is 8.72. The molecule has 0 spiro atoms. The Morgan fingerprint density at radius 3 is 3.00 bits per heavy atom. The number of nitriles is 1. The van der Waals surface area contributed by atoms with Gasteiger partial charge in [0.15, 0.2) is 0 Å². The summed E-state index contributed by atoms with van der Waals surface area (Å²) in [7, 11) is 0. The summed E-state index contributed by atoms with van der Waals surface area (Å²) < 4.78 is 5.57. The van der Waals surface area contributed by atoms with Crippen LogP contribution in [0.5, 0.6) is 0 Å². The molecule has 19 heavy (non-hydrogen) atoms. The zero-order chi connectivity index (χ0) is 13.5. The van der Waals surface area contributed by atoms with E-state index in [9.17, 15) is 0 Å². The molecule has 1 aromatic rings. The van der Waals surface area contributed by atoms with Crippen LogP contribution < -0.4 is 11.1 Å². The second-order valence-corrected chi connectivity index (χ2v) is 5.05. The molecule has 3 N–H and O–H groups in total. The molecule has 4 heteroatoms. The highest BCUT2D eigenvalue weighted by Gasteiger charge is 2.20. The van der Waals surface area contributed by atoms with E-state index in [1.165, 1.54) is 12.8 Å². The Labute approximate surface area is 114 Å². The van der Waals surface area contributed by atoms with Gasteiger partial charge in [0.05, 0.1) is 12.5 Å². The van der Waals surface area contributed by atoms with Gasteiger partial charge in [0.1, 0.15) is 0 Å². The average Bonchev–Trinajstić information content (AvgIpc) is 3.21. The number of nitrogens with one attached hydrogen (secondary N) is 1. The molecule has 0 amide bonds. The van der Waals surface area contributed by atoms with Crippen LogP contribution in [-0.4, -0.2) is 19.8 Å². The zero-order valence-corrected chi connectivity index (χ0v) is 11.2. The van der Waals surface area contributed by atoms with Gasteiger partial charge in [-0.05, 0) is 48.9 Å². The van der Waals surface area contributed by atoms with Crippen molar-refractivity contribution < 1.29 is 4.74 Å². The van der Waals surface area contributed by atoms with Crippen molar-refractivity contribution in [3.8, 4) is 6.07 Å². The predicted molar refractivity (Wildman–Crippen MR) is 76.8 cm³/mol. The Morgan fingerprint density at radius 1 is 1.42 bits per heavy atom. The minimum absolute atomic E-state index is 0.353. The molecule has 0 aromatic heterocycles. The highest BCUT2D eigenvalue weighted by atomic mass is 16.5. The quantitative estimate of drug-likeness (QED) is 0.556. The molecule has 0 aliphatic heterocycles. The lowest BCUT2D eigenvalue weighted by Crippen LogP contribution is -2.07. The molecule has 1 fully saturated rings. The Hall–Kier alpha value is -1.73. The first-order valence-electron chi connectivity index (χ1n) is 6.86. The molecule has 0 unspecified atom stereocenters. The molecule has 0 bridgehead atoms. The first kappa shape index (κ1) is 13.7. The summed E-state index contributed by atoms with van der Waals surface area (Å²) in [5, 5.41) is 12.0. The molecule has 2 rings (SSSR count). The van der Waals surface area contributed by atoms with Gasteiger partial charge in [-0.1, -0.05) is 0 Å². The Bertz CT molecular complexity index is 449. The third kappa shape index (κ3) is 4.80. The molecule has 0 heterocycles. The van der Waals surface area contributed by atoms with Crippen molar-refractivity contribution in [2.45, 2.75) is 25.7 Å². The van der Waals surface area contributed by atoms with Crippen LogP contribution in [0.25, 0.3) is 0 Å². The second-order valence-electron chi connectivity index (χ2n) is 5.05. The first-order valence-corrected chi connectivity index (χ1v) is 6.86. The van der Waals surface area contributed by atoms with Crippen LogP contribution in [0.1, 0.15) is 24.8 Å². The van der Waals surface area contributed by atoms with Crippen molar-refractivity contribution >= 4 is 11.4 Å². The Balaban J connectivity index is 1.66. The Kier molecular flexibility index (Phi) is 5.05. The van der Waals surface area contributed by atoms with Crippen LogP contribution in [0, 0.1) is 17.2 Å². The minimum Gasteiger partial charge on any atom is -0.398 e. The zero-order valence-electron chi connectivity index (χ0n) is 11.2. The fraction of sp³-hybridized carbons (Fsp3) is 0.533. The van der Waals surface area contributed by atoms with Crippen molar-refractivity contribution in [2.24, 2.45) is 5.92 Å². The van der Waals surface area contributed by atoms with Gasteiger partial charge in [-0.3, -0.25) is 0 Å². The van der Waals surface area contributed by atoms with Gasteiger partial charge in [0.2, 0.25) is 0 Å². The van der Waals surface area contributed by atoms with Crippen LogP contribution in [0.15, 0.2) is 18.2 Å². The molecule has 0 atom stereocenters. The number of rotatable bonds is 8. The summed E-state index contributed by atoms with van der Waals surface area (Å²) in [5.74, 6) is 0.832. The number of anilines is 2. The van der Waals surface area contributed by atoms with Crippen molar-refractivity contribution in [1.82, 2.24) is 0 Å². The van der Waals surface area contributed by atoms with Gasteiger partial charge >= 0.3 is 0 Å². The van der Waals surface area contributed by atoms with Crippen LogP contribution in [0.2, 0.25) is 0 Å². The number of nitrogens with zero attached hydrogens (tertiary/aromatic N) is 1. The molecule has 1 aromatic carbocycles. The van der Waals surface area contributed by atoms with E-state index < -0.39 is 0 Å². The van der Waals surface area contributed by atoms with Gasteiger partial charge < -0.3 is 15.8 Å². The van der Waals surface area contributed by atoms with Crippen LogP contribution in [-0.2, 0) is 11.2 Å². The lowest BCUT2D eigenvalue weighted by Gasteiger charge is -2.09. The van der Waals surface area contributed by atoms with Crippen molar-refractivity contribution in [2.75, 3.05) is 30.8 Å². The molecule has 1 saturated carbocycles. The summed E-state index contributed by atoms with van der Waals surface area (Å²) in [5.41, 5.74) is 8.39. The molecule has 4 nitrogen and oxygen atoms in total. The Morgan fingerprint density at radius 2 is 2.26 bits per heavy atom. The van der Waals surface area contributed by atoms with Gasteiger partial charge in [0, 0.05) is 31.1 Å². The molecule has 0 saturated heterocycles. The lowest BCUT2D eigenvalue weighted by molar-refractivity contribution is 0.124. The second kappa shape index (κ2) is 7.01. The largest absolute Gasteiger partial charge is 0.398 e. The molecule has 0 radical (unpaired) electrons. The highest BCUT2D eigenvalue weighted by molar-refractivity contribution is 5.57. The fourth-order valence-electron chi connectivity index (χ4n) is 1.90. The van der Waals surface area contributed by atoms with Gasteiger partial charge in [-0.15, -0.1) is 0 Å². The van der Waals surface area contributed by atoms with Crippen molar-refractivity contribution in [3.05, 3.63) is 23.8 Å². The van der Waals surface area contributed by atoms with E-state index in [2.05, 4.69) is 11.4 Å². The van der Waals surface area contributed by atoms with Crippen LogP contribution >= 0.6 is 0 Å². The third-order valence-electron chi connectivity index (χ3n) is 3.26. The predicted octanol–water partition coefficient (Wildman–Crippen LogP) is 2.56. The monoisotopic (exact) mass is 259 g/mol. The standard InChI is InChI=1S/C15H21N3O/c16-7-6-13-10-14(4-5-15(13)17)18-8-1-9-19-11-12-2-3-12/h4-5,10,12,18H,1-3,6,8-9,11,17H2. The fourth-order valence-corrected chi connectivity index (χ4v) is 1.90. The van der Waals surface area contributed by atoms with Crippen LogP contribution in [0.3, 0.4) is 0 Å². The number of hydrogen-bond donors (Lipinski definition) is 2. The van der Waals surface area contributed by atoms with E-state index in [0.717, 1.165) is 43.3 Å². The topological polar surface area (TPSA) is 71.1 Å². The van der Waals surface area contributed by atoms with Crippen molar-refractivity contribution in [1.29, 1.82) is 5.26 Å². The van der Waals surface area contributed by atoms with Gasteiger partial charge in [0.25, 0.3) is 0 Å².